The van der Waals surface area contributed by atoms with Crippen LogP contribution in [0.3, 0.4) is 0 Å². The van der Waals surface area contributed by atoms with Gasteiger partial charge in [-0.3, -0.25) is 9.52 Å². The number of anilines is 3. The van der Waals surface area contributed by atoms with Gasteiger partial charge in [0.05, 0.1) is 5.02 Å². The van der Waals surface area contributed by atoms with Crippen molar-refractivity contribution in [3.8, 4) is 0 Å². The van der Waals surface area contributed by atoms with E-state index in [-0.39, 0.29) is 21.2 Å². The van der Waals surface area contributed by atoms with Gasteiger partial charge in [-0.15, -0.1) is 0 Å². The summed E-state index contributed by atoms with van der Waals surface area (Å²) in [4.78, 5) is 14.8. The fraction of sp³-hybridized carbons (Fsp3) is 0.174. The highest BCUT2D eigenvalue weighted by Crippen LogP contribution is 2.27. The molecule has 1 fully saturated rings. The third-order valence-electron chi connectivity index (χ3n) is 5.15. The second-order valence-electron chi connectivity index (χ2n) is 7.46. The molecular formula is C23H21ClFN3O3S. The van der Waals surface area contributed by atoms with Crippen LogP contribution in [0.25, 0.3) is 0 Å². The lowest BCUT2D eigenvalue weighted by Crippen LogP contribution is -2.18. The molecule has 0 aromatic heterocycles. The Labute approximate surface area is 191 Å². The van der Waals surface area contributed by atoms with Gasteiger partial charge in [0.15, 0.2) is 0 Å². The zero-order valence-corrected chi connectivity index (χ0v) is 18.6. The molecule has 0 aliphatic carbocycles. The lowest BCUT2D eigenvalue weighted by atomic mass is 10.2. The molecule has 0 atom stereocenters. The van der Waals surface area contributed by atoms with Crippen LogP contribution >= 0.6 is 11.6 Å². The summed E-state index contributed by atoms with van der Waals surface area (Å²) in [7, 11) is -4.09. The summed E-state index contributed by atoms with van der Waals surface area (Å²) in [5, 5.41) is 2.78. The predicted octanol–water partition coefficient (Wildman–Crippen LogP) is 5.13. The maximum Gasteiger partial charge on any atom is 0.263 e. The summed E-state index contributed by atoms with van der Waals surface area (Å²) >= 11 is 6.11. The zero-order chi connectivity index (χ0) is 22.7. The molecular weight excluding hydrogens is 453 g/mol. The SMILES string of the molecule is O=C(Nc1cccc(N2CCCC2)c1)c1ccc(Cl)c(S(=O)(=O)Nc2ccc(F)cc2)c1. The number of carbonyl (C=O) groups excluding carboxylic acids is 1. The molecule has 3 aromatic rings. The molecule has 3 aromatic carbocycles. The molecule has 6 nitrogen and oxygen atoms in total. The monoisotopic (exact) mass is 473 g/mol. The molecule has 9 heteroatoms. The number of carbonyl (C=O) groups is 1. The number of hydrogen-bond acceptors (Lipinski definition) is 4. The third-order valence-corrected chi connectivity index (χ3v) is 7.02. The van der Waals surface area contributed by atoms with Crippen molar-refractivity contribution in [2.75, 3.05) is 28.0 Å². The van der Waals surface area contributed by atoms with E-state index in [1.165, 1.54) is 30.3 Å². The molecule has 2 N–H and O–H groups in total. The summed E-state index contributed by atoms with van der Waals surface area (Å²) in [6.07, 6.45) is 2.29. The van der Waals surface area contributed by atoms with Gasteiger partial charge < -0.3 is 10.2 Å². The zero-order valence-electron chi connectivity index (χ0n) is 17.0. The molecule has 1 saturated heterocycles. The first-order valence-electron chi connectivity index (χ1n) is 10.1. The van der Waals surface area contributed by atoms with Gasteiger partial charge in [0.2, 0.25) is 0 Å². The number of halogens is 2. The Hall–Kier alpha value is -3.10. The number of nitrogens with zero attached hydrogens (tertiary/aromatic N) is 1. The molecule has 0 unspecified atom stereocenters. The first kappa shape index (κ1) is 22.1. The van der Waals surface area contributed by atoms with Crippen molar-refractivity contribution in [2.45, 2.75) is 17.7 Å². The molecule has 1 amide bonds. The highest BCUT2D eigenvalue weighted by Gasteiger charge is 2.21. The Balaban J connectivity index is 1.54. The molecule has 0 bridgehead atoms. The topological polar surface area (TPSA) is 78.5 Å². The molecule has 0 saturated carbocycles. The van der Waals surface area contributed by atoms with Gasteiger partial charge in [-0.05, 0) is 73.5 Å². The second-order valence-corrected chi connectivity index (χ2v) is 9.51. The number of hydrogen-bond donors (Lipinski definition) is 2. The summed E-state index contributed by atoms with van der Waals surface area (Å²) in [5.41, 5.74) is 1.96. The summed E-state index contributed by atoms with van der Waals surface area (Å²) in [6, 6.07) is 16.4. The van der Waals surface area contributed by atoms with E-state index in [0.717, 1.165) is 43.8 Å². The summed E-state index contributed by atoms with van der Waals surface area (Å²) in [5.74, 6) is -0.947. The standard InChI is InChI=1S/C23H21ClFN3O3S/c24-21-11-6-16(14-22(21)32(30,31)27-18-9-7-17(25)8-10-18)23(29)26-19-4-3-5-20(15-19)28-12-1-2-13-28/h3-11,14-15,27H,1-2,12-13H2,(H,26,29). The largest absolute Gasteiger partial charge is 0.371 e. The number of benzene rings is 3. The maximum atomic E-state index is 13.1. The lowest BCUT2D eigenvalue weighted by Gasteiger charge is -2.18. The van der Waals surface area contributed by atoms with Crippen LogP contribution in [-0.4, -0.2) is 27.4 Å². The second kappa shape index (κ2) is 9.18. The van der Waals surface area contributed by atoms with Crippen LogP contribution in [0.15, 0.2) is 71.6 Å². The quantitative estimate of drug-likeness (QED) is 0.520. The van der Waals surface area contributed by atoms with Crippen LogP contribution in [0.4, 0.5) is 21.5 Å². The first-order chi connectivity index (χ1) is 15.3. The molecule has 0 spiro atoms. The van der Waals surface area contributed by atoms with E-state index in [2.05, 4.69) is 14.9 Å². The van der Waals surface area contributed by atoms with Crippen molar-refractivity contribution in [1.29, 1.82) is 0 Å². The Morgan fingerprint density at radius 2 is 1.66 bits per heavy atom. The average Bonchev–Trinajstić information content (AvgIpc) is 3.30. The van der Waals surface area contributed by atoms with E-state index in [1.807, 2.05) is 18.2 Å². The molecule has 32 heavy (non-hydrogen) atoms. The van der Waals surface area contributed by atoms with Crippen LogP contribution in [0.1, 0.15) is 23.2 Å². The minimum absolute atomic E-state index is 0.0350. The van der Waals surface area contributed by atoms with E-state index in [0.29, 0.717) is 5.69 Å². The van der Waals surface area contributed by atoms with E-state index < -0.39 is 21.7 Å². The number of rotatable bonds is 6. The minimum Gasteiger partial charge on any atom is -0.371 e. The first-order valence-corrected chi connectivity index (χ1v) is 11.9. The van der Waals surface area contributed by atoms with Crippen molar-refractivity contribution in [3.63, 3.8) is 0 Å². The maximum absolute atomic E-state index is 13.1. The highest BCUT2D eigenvalue weighted by atomic mass is 35.5. The smallest absolute Gasteiger partial charge is 0.263 e. The van der Waals surface area contributed by atoms with Crippen LogP contribution in [0.2, 0.25) is 5.02 Å². The van der Waals surface area contributed by atoms with Gasteiger partial charge in [-0.1, -0.05) is 17.7 Å². The van der Waals surface area contributed by atoms with Crippen molar-refractivity contribution in [2.24, 2.45) is 0 Å². The normalized spacial score (nSPS) is 13.8. The fourth-order valence-electron chi connectivity index (χ4n) is 3.54. The Kier molecular flexibility index (Phi) is 6.34. The minimum atomic E-state index is -4.09. The summed E-state index contributed by atoms with van der Waals surface area (Å²) < 4.78 is 41.0. The van der Waals surface area contributed by atoms with Crippen LogP contribution in [-0.2, 0) is 10.0 Å². The van der Waals surface area contributed by atoms with Crippen LogP contribution in [0, 0.1) is 5.82 Å². The van der Waals surface area contributed by atoms with Crippen LogP contribution in [0.5, 0.6) is 0 Å². The predicted molar refractivity (Wildman–Crippen MR) is 125 cm³/mol. The number of amides is 1. The van der Waals surface area contributed by atoms with Gasteiger partial charge in [0, 0.05) is 35.7 Å². The van der Waals surface area contributed by atoms with E-state index in [1.54, 1.807) is 6.07 Å². The van der Waals surface area contributed by atoms with Crippen molar-refractivity contribution in [3.05, 3.63) is 83.1 Å². The Morgan fingerprint density at radius 3 is 2.38 bits per heavy atom. The van der Waals surface area contributed by atoms with Crippen molar-refractivity contribution in [1.82, 2.24) is 0 Å². The summed E-state index contributed by atoms with van der Waals surface area (Å²) in [6.45, 7) is 1.97. The van der Waals surface area contributed by atoms with E-state index in [4.69, 9.17) is 11.6 Å². The van der Waals surface area contributed by atoms with Gasteiger partial charge in [-0.2, -0.15) is 0 Å². The molecule has 166 valence electrons. The van der Waals surface area contributed by atoms with Gasteiger partial charge in [0.1, 0.15) is 10.7 Å². The molecule has 1 aliphatic rings. The van der Waals surface area contributed by atoms with Crippen LogP contribution < -0.4 is 14.9 Å². The van der Waals surface area contributed by atoms with Crippen molar-refractivity contribution >= 4 is 44.6 Å². The average molecular weight is 474 g/mol. The van der Waals surface area contributed by atoms with Gasteiger partial charge in [0.25, 0.3) is 15.9 Å². The Bertz CT molecular complexity index is 1240. The number of sulfonamides is 1. The number of nitrogens with one attached hydrogen (secondary N) is 2. The third kappa shape index (κ3) is 5.03. The van der Waals surface area contributed by atoms with Gasteiger partial charge in [-0.25, -0.2) is 12.8 Å². The van der Waals surface area contributed by atoms with Crippen molar-refractivity contribution < 1.29 is 17.6 Å². The highest BCUT2D eigenvalue weighted by molar-refractivity contribution is 7.92. The van der Waals surface area contributed by atoms with E-state index >= 15 is 0 Å². The molecule has 1 heterocycles. The van der Waals surface area contributed by atoms with E-state index in [9.17, 15) is 17.6 Å². The van der Waals surface area contributed by atoms with Gasteiger partial charge >= 0.3 is 0 Å². The fourth-order valence-corrected chi connectivity index (χ4v) is 5.12. The molecule has 4 rings (SSSR count). The Morgan fingerprint density at radius 1 is 0.938 bits per heavy atom. The molecule has 0 radical (unpaired) electrons. The molecule has 1 aliphatic heterocycles. The lowest BCUT2D eigenvalue weighted by molar-refractivity contribution is 0.102.